The van der Waals surface area contributed by atoms with Crippen molar-refractivity contribution in [3.05, 3.63) is 12.3 Å². The molecule has 11 heavy (non-hydrogen) atoms. The molecule has 0 saturated heterocycles. The molecule has 0 saturated carbocycles. The predicted molar refractivity (Wildman–Crippen MR) is 43.9 cm³/mol. The van der Waals surface area contributed by atoms with Gasteiger partial charge in [0.15, 0.2) is 0 Å². The zero-order valence-corrected chi connectivity index (χ0v) is 9.54. The van der Waals surface area contributed by atoms with Crippen molar-refractivity contribution in [1.82, 2.24) is 10.2 Å². The third-order valence-corrected chi connectivity index (χ3v) is 8.70. The van der Waals surface area contributed by atoms with Crippen molar-refractivity contribution in [2.24, 2.45) is 0 Å². The van der Waals surface area contributed by atoms with Crippen LogP contribution in [0.3, 0.4) is 0 Å². The molecule has 0 bridgehead atoms. The van der Waals surface area contributed by atoms with Crippen molar-refractivity contribution in [3.63, 3.8) is 0 Å². The van der Waals surface area contributed by atoms with Crippen LogP contribution in [0.2, 0.25) is 4.44 Å². The standard InChI is InChI=1S/C3H3N2.C2H5.CHO2.Sn.H/c1-2-4-5-3-1;1-2;2-1-3;;/h1-2H,(H,4,5);1H2,2H3;(H,2,3);;. The van der Waals surface area contributed by atoms with Crippen LogP contribution in [-0.4, -0.2) is 39.0 Å². The molecule has 1 aromatic heterocycles. The fraction of sp³-hybridized carbons (Fsp3) is 0.333. The number of aromatic nitrogens is 2. The molecule has 1 atom stereocenters. The van der Waals surface area contributed by atoms with Gasteiger partial charge in [0, 0.05) is 0 Å². The van der Waals surface area contributed by atoms with Gasteiger partial charge in [0.1, 0.15) is 0 Å². The van der Waals surface area contributed by atoms with E-state index in [4.69, 9.17) is 5.11 Å². The summed E-state index contributed by atoms with van der Waals surface area (Å²) < 4.78 is 1.07. The van der Waals surface area contributed by atoms with Crippen molar-refractivity contribution in [1.29, 1.82) is 0 Å². The Balaban J connectivity index is 2.79. The molecule has 4 nitrogen and oxygen atoms in total. The summed E-state index contributed by atoms with van der Waals surface area (Å²) in [6.45, 7) is 1.93. The molecule has 0 aliphatic rings. The Morgan fingerprint density at radius 1 is 1.91 bits per heavy atom. The van der Waals surface area contributed by atoms with Crippen LogP contribution < -0.4 is 3.71 Å². The average Bonchev–Trinajstić information content (AvgIpc) is 2.40. The van der Waals surface area contributed by atoms with E-state index in [0.717, 1.165) is 8.15 Å². The van der Waals surface area contributed by atoms with E-state index in [1.54, 1.807) is 12.3 Å². The predicted octanol–water partition coefficient (Wildman–Crippen LogP) is 0.123. The van der Waals surface area contributed by atoms with E-state index in [-0.39, 0.29) is 0 Å². The molecule has 0 radical (unpaired) electrons. The van der Waals surface area contributed by atoms with E-state index < -0.39 is 23.7 Å². The van der Waals surface area contributed by atoms with Crippen LogP contribution in [0, 0.1) is 0 Å². The van der Waals surface area contributed by atoms with Gasteiger partial charge in [-0.2, -0.15) is 0 Å². The van der Waals surface area contributed by atoms with E-state index in [1.807, 2.05) is 6.92 Å². The molecule has 2 N–H and O–H groups in total. The first-order valence-corrected chi connectivity index (χ1v) is 9.10. The summed E-state index contributed by atoms with van der Waals surface area (Å²) in [5.74, 6) is 0. The number of carbonyl (C=O) groups is 1. The second-order valence-electron chi connectivity index (χ2n) is 2.31. The molecule has 0 aliphatic heterocycles. The normalized spacial score (nSPS) is 12.8. The Kier molecular flexibility index (Phi) is 2.92. The number of H-pyrrole nitrogens is 1. The van der Waals surface area contributed by atoms with E-state index in [1.165, 1.54) is 0 Å². The summed E-state index contributed by atoms with van der Waals surface area (Å²) in [7, 11) is 0. The van der Waals surface area contributed by atoms with Crippen molar-refractivity contribution < 1.29 is 9.90 Å². The first-order valence-electron chi connectivity index (χ1n) is 3.47. The summed E-state index contributed by atoms with van der Waals surface area (Å²) in [6.07, 6.45) is 1.61. The SMILES string of the molecule is C[CH2][SnH]([C](=O)O)[c]1ccn[nH]1. The summed E-state index contributed by atoms with van der Waals surface area (Å²) in [5.41, 5.74) is 0. The van der Waals surface area contributed by atoms with Gasteiger partial charge >= 0.3 is 71.2 Å². The van der Waals surface area contributed by atoms with E-state index in [0.29, 0.717) is 0 Å². The summed E-state index contributed by atoms with van der Waals surface area (Å²) in [4.78, 5) is 10.7. The number of carboxylic acid groups (broad SMARTS) is 1. The molecule has 1 rings (SSSR count). The molecule has 0 aliphatic carbocycles. The zero-order chi connectivity index (χ0) is 8.27. The van der Waals surface area contributed by atoms with Gasteiger partial charge in [-0.1, -0.05) is 0 Å². The number of nitrogens with one attached hydrogen (secondary N) is 1. The second kappa shape index (κ2) is 3.75. The van der Waals surface area contributed by atoms with Gasteiger partial charge in [0.05, 0.1) is 0 Å². The second-order valence-corrected chi connectivity index (χ2v) is 11.0. The van der Waals surface area contributed by atoms with Crippen molar-refractivity contribution in [2.75, 3.05) is 0 Å². The summed E-state index contributed by atoms with van der Waals surface area (Å²) in [5, 5.41) is 15.3. The number of rotatable bonds is 3. The minimum absolute atomic E-state index is 0.599. The van der Waals surface area contributed by atoms with Crippen molar-refractivity contribution in [2.45, 2.75) is 11.4 Å². The molecule has 0 fully saturated rings. The first kappa shape index (κ1) is 8.57. The van der Waals surface area contributed by atoms with E-state index >= 15 is 0 Å². The molecular formula is C6H10N2O2Sn. The maximum absolute atomic E-state index is 10.7. The Morgan fingerprint density at radius 2 is 2.64 bits per heavy atom. The van der Waals surface area contributed by atoms with Gasteiger partial charge in [-0.05, 0) is 0 Å². The van der Waals surface area contributed by atoms with Crippen LogP contribution in [0.1, 0.15) is 6.92 Å². The molecule has 0 spiro atoms. The third-order valence-electron chi connectivity index (χ3n) is 1.60. The van der Waals surface area contributed by atoms with Gasteiger partial charge in [-0.25, -0.2) is 0 Å². The number of hydrogen-bond donors (Lipinski definition) is 2. The van der Waals surface area contributed by atoms with Crippen LogP contribution in [0.4, 0.5) is 4.79 Å². The first-order chi connectivity index (χ1) is 5.25. The van der Waals surface area contributed by atoms with Gasteiger partial charge in [0.25, 0.3) is 0 Å². The summed E-state index contributed by atoms with van der Waals surface area (Å²) >= 11 is -2.49. The molecule has 60 valence electrons. The number of hydrogen-bond acceptors (Lipinski definition) is 2. The van der Waals surface area contributed by atoms with Crippen LogP contribution in [0.25, 0.3) is 0 Å². The van der Waals surface area contributed by atoms with Gasteiger partial charge in [-0.15, -0.1) is 0 Å². The maximum atomic E-state index is 10.7. The minimum atomic E-state index is -2.49. The molecular weight excluding hydrogens is 251 g/mol. The molecule has 1 aromatic rings. The third kappa shape index (κ3) is 1.95. The quantitative estimate of drug-likeness (QED) is 0.759. The van der Waals surface area contributed by atoms with Gasteiger partial charge < -0.3 is 0 Å². The fourth-order valence-corrected chi connectivity index (χ4v) is 5.57. The van der Waals surface area contributed by atoms with Gasteiger partial charge in [-0.3, -0.25) is 0 Å². The topological polar surface area (TPSA) is 66.0 Å². The van der Waals surface area contributed by atoms with E-state index in [9.17, 15) is 4.79 Å². The van der Waals surface area contributed by atoms with Crippen LogP contribution in [0.5, 0.6) is 0 Å². The molecule has 0 amide bonds. The Labute approximate surface area is 71.4 Å². The van der Waals surface area contributed by atoms with Crippen molar-refractivity contribution >= 4 is 27.5 Å². The van der Waals surface area contributed by atoms with Crippen LogP contribution >= 0.6 is 0 Å². The number of aromatic amines is 1. The molecule has 0 aromatic carbocycles. The zero-order valence-electron chi connectivity index (χ0n) is 6.24. The molecule has 1 unspecified atom stereocenters. The van der Waals surface area contributed by atoms with Crippen molar-refractivity contribution in [3.8, 4) is 0 Å². The molecule has 1 heterocycles. The van der Waals surface area contributed by atoms with Gasteiger partial charge in [0.2, 0.25) is 0 Å². The Bertz CT molecular complexity index is 235. The Morgan fingerprint density at radius 3 is 3.00 bits per heavy atom. The van der Waals surface area contributed by atoms with E-state index in [2.05, 4.69) is 10.2 Å². The summed E-state index contributed by atoms with van der Waals surface area (Å²) in [6, 6.07) is 1.78. The number of nitrogens with zero attached hydrogens (tertiary/aromatic N) is 1. The average molecular weight is 261 g/mol. The van der Waals surface area contributed by atoms with Crippen LogP contribution in [-0.2, 0) is 0 Å². The fourth-order valence-electron chi connectivity index (χ4n) is 0.988. The monoisotopic (exact) mass is 262 g/mol. The van der Waals surface area contributed by atoms with Crippen LogP contribution in [0.15, 0.2) is 12.3 Å². The molecule has 5 heteroatoms. The Hall–Kier alpha value is -0.521.